The highest BCUT2D eigenvalue weighted by Gasteiger charge is 2.33. The van der Waals surface area contributed by atoms with E-state index in [4.69, 9.17) is 9.47 Å². The number of benzene rings is 1. The Kier molecular flexibility index (Phi) is 5.36. The largest absolute Gasteiger partial charge is 0.490 e. The predicted molar refractivity (Wildman–Crippen MR) is 93.7 cm³/mol. The minimum Gasteiger partial charge on any atom is -0.490 e. The third-order valence-corrected chi connectivity index (χ3v) is 6.26. The molecular weight excluding hydrogens is 344 g/mol. The molecule has 1 N–H and O–H groups in total. The van der Waals surface area contributed by atoms with Crippen LogP contribution in [0.2, 0.25) is 0 Å². The summed E-state index contributed by atoms with van der Waals surface area (Å²) in [5.41, 5.74) is 0.910. The molecule has 0 aliphatic carbocycles. The lowest BCUT2D eigenvalue weighted by atomic mass is 10.2. The van der Waals surface area contributed by atoms with Gasteiger partial charge in [0, 0.05) is 25.6 Å². The quantitative estimate of drug-likeness (QED) is 0.872. The molecule has 2 aliphatic heterocycles. The third kappa shape index (κ3) is 4.36. The Balaban J connectivity index is 1.60. The van der Waals surface area contributed by atoms with Crippen molar-refractivity contribution in [1.29, 1.82) is 0 Å². The van der Waals surface area contributed by atoms with E-state index in [1.54, 1.807) is 4.90 Å². The van der Waals surface area contributed by atoms with Gasteiger partial charge >= 0.3 is 6.03 Å². The minimum atomic E-state index is -3.02. The molecule has 7 nitrogen and oxygen atoms in total. The third-order valence-electron chi connectivity index (χ3n) is 4.51. The molecule has 2 amide bonds. The van der Waals surface area contributed by atoms with Gasteiger partial charge in [0.25, 0.3) is 0 Å². The minimum absolute atomic E-state index is 0.0539. The highest BCUT2D eigenvalue weighted by molar-refractivity contribution is 7.91. The maximum atomic E-state index is 12.5. The van der Waals surface area contributed by atoms with Crippen molar-refractivity contribution in [3.63, 3.8) is 0 Å². The summed E-state index contributed by atoms with van der Waals surface area (Å²) in [5.74, 6) is 1.62. The van der Waals surface area contributed by atoms with E-state index in [-0.39, 0.29) is 23.6 Å². The summed E-state index contributed by atoms with van der Waals surface area (Å²) in [7, 11) is -3.02. The molecule has 1 saturated heterocycles. The summed E-state index contributed by atoms with van der Waals surface area (Å²) in [5, 5.41) is 2.87. The Morgan fingerprint density at radius 2 is 2.04 bits per heavy atom. The van der Waals surface area contributed by atoms with Crippen LogP contribution in [0.25, 0.3) is 0 Å². The van der Waals surface area contributed by atoms with Gasteiger partial charge in [0.1, 0.15) is 0 Å². The van der Waals surface area contributed by atoms with E-state index in [9.17, 15) is 13.2 Å². The first-order valence-electron chi connectivity index (χ1n) is 8.62. The van der Waals surface area contributed by atoms with Gasteiger partial charge in [-0.2, -0.15) is 0 Å². The number of urea groups is 1. The number of nitrogens with one attached hydrogen (secondary N) is 1. The van der Waals surface area contributed by atoms with Gasteiger partial charge in [0.2, 0.25) is 0 Å². The maximum Gasteiger partial charge on any atom is 0.317 e. The average Bonchev–Trinajstić information content (AvgIpc) is 2.80. The van der Waals surface area contributed by atoms with Gasteiger partial charge in [-0.25, -0.2) is 13.2 Å². The zero-order valence-electron chi connectivity index (χ0n) is 14.4. The van der Waals surface area contributed by atoms with Gasteiger partial charge in [0.05, 0.1) is 24.7 Å². The first-order chi connectivity index (χ1) is 12.0. The van der Waals surface area contributed by atoms with E-state index >= 15 is 0 Å². The van der Waals surface area contributed by atoms with Crippen molar-refractivity contribution in [2.24, 2.45) is 0 Å². The highest BCUT2D eigenvalue weighted by Crippen LogP contribution is 2.30. The van der Waals surface area contributed by atoms with E-state index in [0.717, 1.165) is 17.7 Å². The molecular formula is C17H24N2O5S. The average molecular weight is 368 g/mol. The Hall–Kier alpha value is -1.96. The summed E-state index contributed by atoms with van der Waals surface area (Å²) in [6, 6.07) is 5.14. The normalized spacial score (nSPS) is 21.4. The molecule has 1 fully saturated rings. The SMILES string of the molecule is CCN(C(=O)NCc1ccc2c(c1)OCCCO2)[C@H]1CCS(=O)(=O)C1. The summed E-state index contributed by atoms with van der Waals surface area (Å²) in [6.45, 7) is 3.94. The van der Waals surface area contributed by atoms with E-state index < -0.39 is 9.84 Å². The molecule has 1 atom stereocenters. The first-order valence-corrected chi connectivity index (χ1v) is 10.4. The molecule has 0 spiro atoms. The zero-order chi connectivity index (χ0) is 17.9. The van der Waals surface area contributed by atoms with Crippen LogP contribution >= 0.6 is 0 Å². The molecule has 8 heteroatoms. The molecule has 1 aromatic rings. The molecule has 0 radical (unpaired) electrons. The number of ether oxygens (including phenoxy) is 2. The van der Waals surface area contributed by atoms with Crippen molar-refractivity contribution in [3.8, 4) is 11.5 Å². The Morgan fingerprint density at radius 1 is 1.28 bits per heavy atom. The van der Waals surface area contributed by atoms with Crippen molar-refractivity contribution >= 4 is 15.9 Å². The van der Waals surface area contributed by atoms with E-state index in [1.807, 2.05) is 25.1 Å². The summed E-state index contributed by atoms with van der Waals surface area (Å²) >= 11 is 0. The lowest BCUT2D eigenvalue weighted by Crippen LogP contribution is -2.46. The topological polar surface area (TPSA) is 84.9 Å². The summed E-state index contributed by atoms with van der Waals surface area (Å²) in [4.78, 5) is 14.1. The molecule has 3 rings (SSSR count). The number of sulfone groups is 1. The monoisotopic (exact) mass is 368 g/mol. The number of hydrogen-bond donors (Lipinski definition) is 1. The smallest absolute Gasteiger partial charge is 0.317 e. The maximum absolute atomic E-state index is 12.5. The van der Waals surface area contributed by atoms with Crippen molar-refractivity contribution in [3.05, 3.63) is 23.8 Å². The second-order valence-electron chi connectivity index (χ2n) is 6.33. The number of carbonyl (C=O) groups excluding carboxylic acids is 1. The zero-order valence-corrected chi connectivity index (χ0v) is 15.2. The molecule has 2 aliphatic rings. The number of rotatable bonds is 4. The number of fused-ring (bicyclic) bond motifs is 1. The fourth-order valence-corrected chi connectivity index (χ4v) is 4.92. The molecule has 138 valence electrons. The molecule has 0 bridgehead atoms. The number of amides is 2. The molecule has 25 heavy (non-hydrogen) atoms. The van der Waals surface area contributed by atoms with Crippen LogP contribution in [0.15, 0.2) is 18.2 Å². The van der Waals surface area contributed by atoms with Crippen molar-refractivity contribution < 1.29 is 22.7 Å². The highest BCUT2D eigenvalue weighted by atomic mass is 32.2. The van der Waals surface area contributed by atoms with Gasteiger partial charge < -0.3 is 19.7 Å². The van der Waals surface area contributed by atoms with Crippen molar-refractivity contribution in [2.75, 3.05) is 31.3 Å². The first kappa shape index (κ1) is 17.8. The van der Waals surface area contributed by atoms with Crippen LogP contribution in [-0.2, 0) is 16.4 Å². The molecule has 0 unspecified atom stereocenters. The Labute approximate surface area is 148 Å². The standard InChI is InChI=1S/C17H24N2O5S/c1-2-19(14-6-9-25(21,22)12-14)17(20)18-11-13-4-5-15-16(10-13)24-8-3-7-23-15/h4-5,10,14H,2-3,6-9,11-12H2,1H3,(H,18,20)/t14-/m0/s1. The van der Waals surface area contributed by atoms with Crippen LogP contribution in [0.3, 0.4) is 0 Å². The van der Waals surface area contributed by atoms with Crippen LogP contribution in [0.5, 0.6) is 11.5 Å². The van der Waals surface area contributed by atoms with E-state index in [0.29, 0.717) is 38.5 Å². The van der Waals surface area contributed by atoms with Crippen LogP contribution in [0, 0.1) is 0 Å². The Morgan fingerprint density at radius 3 is 2.72 bits per heavy atom. The second-order valence-corrected chi connectivity index (χ2v) is 8.56. The summed E-state index contributed by atoms with van der Waals surface area (Å²) < 4.78 is 34.5. The number of nitrogens with zero attached hydrogens (tertiary/aromatic N) is 1. The van der Waals surface area contributed by atoms with Crippen molar-refractivity contribution in [2.45, 2.75) is 32.4 Å². The van der Waals surface area contributed by atoms with Crippen LogP contribution < -0.4 is 14.8 Å². The van der Waals surface area contributed by atoms with Gasteiger partial charge in [-0.05, 0) is 31.0 Å². The van der Waals surface area contributed by atoms with Gasteiger partial charge in [0.15, 0.2) is 21.3 Å². The molecule has 2 heterocycles. The van der Waals surface area contributed by atoms with Crippen LogP contribution in [0.4, 0.5) is 4.79 Å². The number of hydrogen-bond acceptors (Lipinski definition) is 5. The fraction of sp³-hybridized carbons (Fsp3) is 0.588. The van der Waals surface area contributed by atoms with Crippen LogP contribution in [-0.4, -0.2) is 56.7 Å². The molecule has 0 aromatic heterocycles. The lowest BCUT2D eigenvalue weighted by Gasteiger charge is -2.27. The van der Waals surface area contributed by atoms with Gasteiger partial charge in [-0.3, -0.25) is 0 Å². The lowest BCUT2D eigenvalue weighted by molar-refractivity contribution is 0.183. The van der Waals surface area contributed by atoms with Gasteiger partial charge in [-0.15, -0.1) is 0 Å². The fourth-order valence-electron chi connectivity index (χ4n) is 3.19. The van der Waals surface area contributed by atoms with Crippen molar-refractivity contribution in [1.82, 2.24) is 10.2 Å². The second kappa shape index (κ2) is 7.51. The van der Waals surface area contributed by atoms with E-state index in [1.165, 1.54) is 0 Å². The van der Waals surface area contributed by atoms with Gasteiger partial charge in [-0.1, -0.05) is 6.07 Å². The number of carbonyl (C=O) groups is 1. The predicted octanol–water partition coefficient (Wildman–Crippen LogP) is 1.57. The molecule has 1 aromatic carbocycles. The van der Waals surface area contributed by atoms with Crippen LogP contribution in [0.1, 0.15) is 25.3 Å². The Bertz CT molecular complexity index is 735. The summed E-state index contributed by atoms with van der Waals surface area (Å²) in [6.07, 6.45) is 1.35. The molecule has 0 saturated carbocycles. The van der Waals surface area contributed by atoms with E-state index in [2.05, 4.69) is 5.32 Å².